The molecule has 1 saturated heterocycles. The molecule has 2 aliphatic rings. The highest BCUT2D eigenvalue weighted by Crippen LogP contribution is 2.45. The van der Waals surface area contributed by atoms with Crippen LogP contribution in [0.2, 0.25) is 0 Å². The zero-order valence-electron chi connectivity index (χ0n) is 19.1. The van der Waals surface area contributed by atoms with Crippen molar-refractivity contribution in [3.8, 4) is 0 Å². The number of likely N-dealkylation sites (N-methyl/N-ethyl adjacent to an activating group) is 1. The minimum Gasteiger partial charge on any atom is -0.361 e. The third-order valence-corrected chi connectivity index (χ3v) is 6.98. The van der Waals surface area contributed by atoms with Gasteiger partial charge in [0.05, 0.1) is 0 Å². The van der Waals surface area contributed by atoms with E-state index in [0.717, 1.165) is 25.9 Å². The van der Waals surface area contributed by atoms with Crippen molar-refractivity contribution in [2.45, 2.75) is 71.8 Å². The Labute approximate surface area is 175 Å². The zero-order chi connectivity index (χ0) is 21.1. The summed E-state index contributed by atoms with van der Waals surface area (Å²) in [5.41, 5.74) is 5.46. The van der Waals surface area contributed by atoms with E-state index in [1.165, 1.54) is 27.6 Å². The van der Waals surface area contributed by atoms with E-state index in [1.54, 1.807) is 0 Å². The molecule has 1 aromatic heterocycles. The second kappa shape index (κ2) is 6.87. The lowest BCUT2D eigenvalue weighted by atomic mass is 9.71. The van der Waals surface area contributed by atoms with Crippen LogP contribution in [0.4, 0.5) is 0 Å². The Kier molecular flexibility index (Phi) is 4.85. The normalized spacial score (nSPS) is 25.1. The maximum atomic E-state index is 12.4. The van der Waals surface area contributed by atoms with Crippen LogP contribution in [0.3, 0.4) is 0 Å². The number of hydrogen-bond donors (Lipinski definition) is 2. The lowest BCUT2D eigenvalue weighted by molar-refractivity contribution is -0.128. The molecule has 1 fully saturated rings. The highest BCUT2D eigenvalue weighted by molar-refractivity contribution is 5.89. The summed E-state index contributed by atoms with van der Waals surface area (Å²) in [6.45, 7) is 14.6. The smallest absolute Gasteiger partial charge is 0.225 e. The molecule has 1 unspecified atom stereocenters. The number of rotatable bonds is 2. The molecular formula is C25H37N3O. The number of carbonyl (C=O) groups is 1. The Morgan fingerprint density at radius 3 is 2.59 bits per heavy atom. The zero-order valence-corrected chi connectivity index (χ0v) is 19.1. The molecule has 0 bridgehead atoms. The Hall–Kier alpha value is -1.81. The summed E-state index contributed by atoms with van der Waals surface area (Å²) < 4.78 is 0. The predicted octanol–water partition coefficient (Wildman–Crippen LogP) is 4.59. The average Bonchev–Trinajstić information content (AvgIpc) is 3.03. The minimum atomic E-state index is -0.332. The molecule has 1 aromatic carbocycles. The molecule has 2 heterocycles. The number of carbonyl (C=O) groups excluding carboxylic acids is 1. The molecule has 2 aromatic rings. The number of piperidine rings is 1. The van der Waals surface area contributed by atoms with Crippen LogP contribution in [0.25, 0.3) is 10.9 Å². The molecular weight excluding hydrogens is 358 g/mol. The molecule has 29 heavy (non-hydrogen) atoms. The molecule has 158 valence electrons. The summed E-state index contributed by atoms with van der Waals surface area (Å²) >= 11 is 0. The Bertz CT molecular complexity index is 928. The van der Waals surface area contributed by atoms with Crippen molar-refractivity contribution in [3.05, 3.63) is 35.0 Å². The summed E-state index contributed by atoms with van der Waals surface area (Å²) in [6, 6.07) is 5.36. The number of hydrogen-bond acceptors (Lipinski definition) is 2. The summed E-state index contributed by atoms with van der Waals surface area (Å²) in [6.07, 6.45) is 4.48. The fourth-order valence-corrected chi connectivity index (χ4v) is 5.21. The van der Waals surface area contributed by atoms with Crippen molar-refractivity contribution in [1.82, 2.24) is 15.2 Å². The summed E-state index contributed by atoms with van der Waals surface area (Å²) in [7, 11) is 2.26. The van der Waals surface area contributed by atoms with Gasteiger partial charge >= 0.3 is 0 Å². The molecule has 1 aliphatic heterocycles. The second-order valence-corrected chi connectivity index (χ2v) is 11.4. The third kappa shape index (κ3) is 3.72. The maximum absolute atomic E-state index is 12.4. The highest BCUT2D eigenvalue weighted by atomic mass is 16.2. The molecule has 1 aliphatic carbocycles. The van der Waals surface area contributed by atoms with Crippen molar-refractivity contribution < 1.29 is 4.79 Å². The first-order valence-electron chi connectivity index (χ1n) is 11.1. The average molecular weight is 396 g/mol. The Morgan fingerprint density at radius 1 is 1.21 bits per heavy atom. The first-order chi connectivity index (χ1) is 13.4. The summed E-state index contributed by atoms with van der Waals surface area (Å²) in [5, 5.41) is 4.66. The fourth-order valence-electron chi connectivity index (χ4n) is 5.21. The minimum absolute atomic E-state index is 0.129. The van der Waals surface area contributed by atoms with Gasteiger partial charge in [-0.2, -0.15) is 0 Å². The van der Waals surface area contributed by atoms with Crippen LogP contribution >= 0.6 is 0 Å². The van der Waals surface area contributed by atoms with Crippen molar-refractivity contribution in [3.63, 3.8) is 0 Å². The van der Waals surface area contributed by atoms with Crippen molar-refractivity contribution in [1.29, 1.82) is 0 Å². The number of amides is 1. The number of H-pyrrole nitrogens is 1. The van der Waals surface area contributed by atoms with Crippen molar-refractivity contribution in [2.75, 3.05) is 20.1 Å². The van der Waals surface area contributed by atoms with Gasteiger partial charge in [0.15, 0.2) is 0 Å². The van der Waals surface area contributed by atoms with Gasteiger partial charge in [-0.1, -0.05) is 47.6 Å². The van der Waals surface area contributed by atoms with Gasteiger partial charge in [-0.15, -0.1) is 0 Å². The van der Waals surface area contributed by atoms with E-state index < -0.39 is 0 Å². The van der Waals surface area contributed by atoms with Crippen LogP contribution < -0.4 is 5.32 Å². The molecule has 4 nitrogen and oxygen atoms in total. The number of aromatic nitrogens is 1. The van der Waals surface area contributed by atoms with E-state index in [2.05, 4.69) is 61.3 Å². The van der Waals surface area contributed by atoms with E-state index in [-0.39, 0.29) is 16.7 Å². The SMILES string of the molecule is CN1CC(CNC(=O)C(C)(C)C)C[C@@H]2c3cc(C(C)(C)C)cc4[nH]cc(c34)C[C@H]21. The number of nitrogens with one attached hydrogen (secondary N) is 2. The van der Waals surface area contributed by atoms with E-state index in [9.17, 15) is 4.79 Å². The van der Waals surface area contributed by atoms with Gasteiger partial charge in [-0.05, 0) is 54.0 Å². The number of benzene rings is 1. The van der Waals surface area contributed by atoms with Gasteiger partial charge in [-0.3, -0.25) is 4.79 Å². The van der Waals surface area contributed by atoms with E-state index >= 15 is 0 Å². The third-order valence-electron chi connectivity index (χ3n) is 6.98. The van der Waals surface area contributed by atoms with Gasteiger partial charge in [0.1, 0.15) is 0 Å². The Morgan fingerprint density at radius 2 is 1.93 bits per heavy atom. The number of likely N-dealkylation sites (tertiary alicyclic amines) is 1. The highest BCUT2D eigenvalue weighted by Gasteiger charge is 2.40. The second-order valence-electron chi connectivity index (χ2n) is 11.4. The fraction of sp³-hybridized carbons (Fsp3) is 0.640. The molecule has 0 spiro atoms. The predicted molar refractivity (Wildman–Crippen MR) is 120 cm³/mol. The quantitative estimate of drug-likeness (QED) is 0.781. The molecule has 4 rings (SSSR count). The van der Waals surface area contributed by atoms with Crippen LogP contribution in [0, 0.1) is 11.3 Å². The largest absolute Gasteiger partial charge is 0.361 e. The molecule has 3 atom stereocenters. The molecule has 0 saturated carbocycles. The van der Waals surface area contributed by atoms with Crippen LogP contribution in [-0.4, -0.2) is 42.0 Å². The van der Waals surface area contributed by atoms with Gasteiger partial charge in [-0.25, -0.2) is 0 Å². The lowest BCUT2D eigenvalue weighted by Gasteiger charge is -2.46. The number of nitrogens with zero attached hydrogens (tertiary/aromatic N) is 1. The van der Waals surface area contributed by atoms with Gasteiger partial charge in [0.25, 0.3) is 0 Å². The molecule has 1 amide bonds. The van der Waals surface area contributed by atoms with Crippen molar-refractivity contribution >= 4 is 16.8 Å². The lowest BCUT2D eigenvalue weighted by Crippen LogP contribution is -2.50. The summed E-state index contributed by atoms with van der Waals surface area (Å²) in [4.78, 5) is 18.5. The summed E-state index contributed by atoms with van der Waals surface area (Å²) in [5.74, 6) is 1.16. The molecule has 0 radical (unpaired) electrons. The van der Waals surface area contributed by atoms with E-state index in [4.69, 9.17) is 0 Å². The van der Waals surface area contributed by atoms with Crippen LogP contribution in [0.15, 0.2) is 18.3 Å². The van der Waals surface area contributed by atoms with Crippen molar-refractivity contribution in [2.24, 2.45) is 11.3 Å². The van der Waals surface area contributed by atoms with E-state index in [0.29, 0.717) is 17.9 Å². The van der Waals surface area contributed by atoms with Gasteiger partial charge in [0, 0.05) is 47.6 Å². The maximum Gasteiger partial charge on any atom is 0.225 e. The van der Waals surface area contributed by atoms with Gasteiger partial charge in [0.2, 0.25) is 5.91 Å². The first-order valence-corrected chi connectivity index (χ1v) is 11.1. The monoisotopic (exact) mass is 395 g/mol. The van der Waals surface area contributed by atoms with E-state index in [1.807, 2.05) is 20.8 Å². The molecule has 4 heteroatoms. The first kappa shape index (κ1) is 20.5. The number of aromatic amines is 1. The van der Waals surface area contributed by atoms with Crippen LogP contribution in [0.5, 0.6) is 0 Å². The van der Waals surface area contributed by atoms with Gasteiger partial charge < -0.3 is 15.2 Å². The Balaban J connectivity index is 1.65. The number of fused-ring (bicyclic) bond motifs is 2. The molecule has 2 N–H and O–H groups in total. The topological polar surface area (TPSA) is 48.1 Å². The van der Waals surface area contributed by atoms with Crippen LogP contribution in [-0.2, 0) is 16.6 Å². The van der Waals surface area contributed by atoms with Crippen LogP contribution in [0.1, 0.15) is 70.6 Å². The standard InChI is InChI=1S/C25H37N3O/c1-24(2,3)17-10-19-18-8-15(12-27-23(29)25(4,5)6)14-28(7)21(18)9-16-13-26-20(11-17)22(16)19/h10-11,13,15,18,21,26H,8-9,12,14H2,1-7H3,(H,27,29)/t15?,18-,21-/m1/s1.